The second-order valence-electron chi connectivity index (χ2n) is 3.94. The zero-order chi connectivity index (χ0) is 13.2. The van der Waals surface area contributed by atoms with Crippen LogP contribution < -0.4 is 5.32 Å². The maximum atomic E-state index is 4.57. The number of nitrogens with one attached hydrogen (secondary N) is 1. The summed E-state index contributed by atoms with van der Waals surface area (Å²) in [5.74, 6) is 0.675. The van der Waals surface area contributed by atoms with E-state index in [1.165, 1.54) is 0 Å². The van der Waals surface area contributed by atoms with E-state index in [1.54, 1.807) is 29.3 Å². The van der Waals surface area contributed by atoms with E-state index in [2.05, 4.69) is 26.3 Å². The minimum atomic E-state index is 0.675. The number of fused-ring (bicyclic) bond motifs is 1. The van der Waals surface area contributed by atoms with Gasteiger partial charge in [-0.1, -0.05) is 0 Å². The zero-order valence-corrected chi connectivity index (χ0v) is 12.3. The molecule has 0 bridgehead atoms. The highest BCUT2D eigenvalue weighted by Crippen LogP contribution is 2.33. The Morgan fingerprint density at radius 3 is 3.05 bits per heavy atom. The minimum absolute atomic E-state index is 0.675. The van der Waals surface area contributed by atoms with Crippen LogP contribution in [0.1, 0.15) is 6.92 Å². The smallest absolute Gasteiger partial charge is 0.225 e. The average Bonchev–Trinajstić information content (AvgIpc) is 3.00. The van der Waals surface area contributed by atoms with Crippen LogP contribution in [0.4, 0.5) is 5.95 Å². The van der Waals surface area contributed by atoms with Gasteiger partial charge in [0.15, 0.2) is 5.16 Å². The van der Waals surface area contributed by atoms with Crippen LogP contribution in [0.3, 0.4) is 0 Å². The zero-order valence-electron chi connectivity index (χ0n) is 10.6. The fourth-order valence-electron chi connectivity index (χ4n) is 1.68. The molecule has 3 heterocycles. The van der Waals surface area contributed by atoms with Crippen molar-refractivity contribution >= 4 is 39.3 Å². The number of nitrogens with zero attached hydrogens (tertiary/aromatic N) is 4. The topological polar surface area (TPSA) is 55.6 Å². The van der Waals surface area contributed by atoms with Gasteiger partial charge in [-0.15, -0.1) is 11.3 Å². The summed E-state index contributed by atoms with van der Waals surface area (Å²) in [7, 11) is 1.98. The molecule has 1 N–H and O–H groups in total. The van der Waals surface area contributed by atoms with Gasteiger partial charge >= 0.3 is 0 Å². The number of hydrogen-bond donors (Lipinski definition) is 1. The van der Waals surface area contributed by atoms with Gasteiger partial charge in [0, 0.05) is 31.4 Å². The van der Waals surface area contributed by atoms with Crippen molar-refractivity contribution in [1.82, 2.24) is 19.5 Å². The molecule has 0 aliphatic carbocycles. The molecule has 98 valence electrons. The third-order valence-corrected chi connectivity index (χ3v) is 4.48. The SMILES string of the molecule is CCNc1nc(Sc2nccn2C)c2ccsc2n1. The Bertz CT molecular complexity index is 703. The largest absolute Gasteiger partial charge is 0.354 e. The Morgan fingerprint density at radius 2 is 2.32 bits per heavy atom. The molecule has 0 saturated carbocycles. The first kappa shape index (κ1) is 12.4. The summed E-state index contributed by atoms with van der Waals surface area (Å²) in [4.78, 5) is 14.4. The highest BCUT2D eigenvalue weighted by Gasteiger charge is 2.12. The molecule has 0 aliphatic rings. The molecule has 0 aromatic carbocycles. The van der Waals surface area contributed by atoms with Gasteiger partial charge < -0.3 is 9.88 Å². The molecule has 0 radical (unpaired) electrons. The van der Waals surface area contributed by atoms with E-state index in [-0.39, 0.29) is 0 Å². The van der Waals surface area contributed by atoms with Crippen molar-refractivity contribution in [3.63, 3.8) is 0 Å². The molecule has 0 aliphatic heterocycles. The van der Waals surface area contributed by atoms with Crippen molar-refractivity contribution in [1.29, 1.82) is 0 Å². The predicted octanol–water partition coefficient (Wildman–Crippen LogP) is 3.01. The van der Waals surface area contributed by atoms with E-state index in [0.717, 1.165) is 26.9 Å². The van der Waals surface area contributed by atoms with Crippen LogP contribution in [0.5, 0.6) is 0 Å². The van der Waals surface area contributed by atoms with Crippen molar-refractivity contribution in [2.75, 3.05) is 11.9 Å². The first-order chi connectivity index (χ1) is 9.28. The Balaban J connectivity index is 2.05. The van der Waals surface area contributed by atoms with Crippen molar-refractivity contribution in [3.8, 4) is 0 Å². The quantitative estimate of drug-likeness (QED) is 0.749. The van der Waals surface area contributed by atoms with Crippen molar-refractivity contribution in [2.45, 2.75) is 17.1 Å². The number of aryl methyl sites for hydroxylation is 1. The van der Waals surface area contributed by atoms with Gasteiger partial charge in [-0.3, -0.25) is 0 Å². The lowest BCUT2D eigenvalue weighted by Gasteiger charge is -2.06. The first-order valence-electron chi connectivity index (χ1n) is 5.92. The van der Waals surface area contributed by atoms with E-state index in [4.69, 9.17) is 0 Å². The lowest BCUT2D eigenvalue weighted by atomic mass is 10.4. The second-order valence-corrected chi connectivity index (χ2v) is 5.80. The van der Waals surface area contributed by atoms with E-state index in [9.17, 15) is 0 Å². The monoisotopic (exact) mass is 291 g/mol. The standard InChI is InChI=1S/C12H13N5S2/c1-3-13-11-15-9-8(4-7-18-9)10(16-11)19-12-14-5-6-17(12)2/h4-7H,3H2,1-2H3,(H,13,15,16). The maximum Gasteiger partial charge on any atom is 0.225 e. The first-order valence-corrected chi connectivity index (χ1v) is 7.62. The van der Waals surface area contributed by atoms with E-state index < -0.39 is 0 Å². The van der Waals surface area contributed by atoms with E-state index >= 15 is 0 Å². The van der Waals surface area contributed by atoms with Crippen LogP contribution >= 0.6 is 23.1 Å². The summed E-state index contributed by atoms with van der Waals surface area (Å²) in [6.45, 7) is 2.84. The summed E-state index contributed by atoms with van der Waals surface area (Å²) >= 11 is 3.19. The number of thiophene rings is 1. The third kappa shape index (κ3) is 2.43. The molecule has 19 heavy (non-hydrogen) atoms. The second kappa shape index (κ2) is 5.18. The number of hydrogen-bond acceptors (Lipinski definition) is 6. The number of rotatable bonds is 4. The molecule has 0 saturated heterocycles. The molecule has 0 atom stereocenters. The van der Waals surface area contributed by atoms with Crippen LogP contribution in [0.2, 0.25) is 0 Å². The van der Waals surface area contributed by atoms with Crippen molar-refractivity contribution in [2.24, 2.45) is 7.05 Å². The summed E-state index contributed by atoms with van der Waals surface area (Å²) in [6.07, 6.45) is 3.72. The number of anilines is 1. The molecule has 3 aromatic rings. The van der Waals surface area contributed by atoms with Gasteiger partial charge in [0.05, 0.1) is 0 Å². The van der Waals surface area contributed by atoms with Crippen LogP contribution in [-0.2, 0) is 7.05 Å². The van der Waals surface area contributed by atoms with Gasteiger partial charge in [0.25, 0.3) is 0 Å². The van der Waals surface area contributed by atoms with Gasteiger partial charge in [0.1, 0.15) is 9.86 Å². The third-order valence-electron chi connectivity index (χ3n) is 2.59. The fraction of sp³-hybridized carbons (Fsp3) is 0.250. The Morgan fingerprint density at radius 1 is 1.42 bits per heavy atom. The lowest BCUT2D eigenvalue weighted by molar-refractivity contribution is 0.789. The Kier molecular flexibility index (Phi) is 3.39. The molecule has 3 rings (SSSR count). The van der Waals surface area contributed by atoms with Crippen molar-refractivity contribution in [3.05, 3.63) is 23.8 Å². The van der Waals surface area contributed by atoms with Gasteiger partial charge in [0.2, 0.25) is 5.95 Å². The molecule has 0 unspecified atom stereocenters. The molecule has 5 nitrogen and oxygen atoms in total. The highest BCUT2D eigenvalue weighted by molar-refractivity contribution is 7.99. The normalized spacial score (nSPS) is 11.1. The molecule has 3 aromatic heterocycles. The van der Waals surface area contributed by atoms with E-state index in [0.29, 0.717) is 5.95 Å². The number of imidazole rings is 1. The molecule has 7 heteroatoms. The Labute approximate surface area is 119 Å². The van der Waals surface area contributed by atoms with Crippen LogP contribution in [-0.4, -0.2) is 26.1 Å². The van der Waals surface area contributed by atoms with Crippen molar-refractivity contribution < 1.29 is 0 Å². The lowest BCUT2D eigenvalue weighted by Crippen LogP contribution is -2.02. The fourth-order valence-corrected chi connectivity index (χ4v) is 3.41. The molecular formula is C12H13N5S2. The maximum absolute atomic E-state index is 4.57. The molecule has 0 amide bonds. The summed E-state index contributed by atoms with van der Waals surface area (Å²) in [6, 6.07) is 2.06. The average molecular weight is 291 g/mol. The van der Waals surface area contributed by atoms with Crippen LogP contribution in [0.15, 0.2) is 34.0 Å². The van der Waals surface area contributed by atoms with Gasteiger partial charge in [-0.05, 0) is 30.1 Å². The van der Waals surface area contributed by atoms with E-state index in [1.807, 2.05) is 30.1 Å². The summed E-state index contributed by atoms with van der Waals surface area (Å²) in [5, 5.41) is 8.16. The van der Waals surface area contributed by atoms with Crippen LogP contribution in [0.25, 0.3) is 10.2 Å². The molecular weight excluding hydrogens is 278 g/mol. The summed E-state index contributed by atoms with van der Waals surface area (Å²) < 4.78 is 1.98. The molecule has 0 fully saturated rings. The van der Waals surface area contributed by atoms with Crippen LogP contribution in [0, 0.1) is 0 Å². The van der Waals surface area contributed by atoms with Gasteiger partial charge in [-0.25, -0.2) is 15.0 Å². The highest BCUT2D eigenvalue weighted by atomic mass is 32.2. The Hall–Kier alpha value is -1.60. The number of aromatic nitrogens is 4. The predicted molar refractivity (Wildman–Crippen MR) is 78.9 cm³/mol. The summed E-state index contributed by atoms with van der Waals surface area (Å²) in [5.41, 5.74) is 0. The van der Waals surface area contributed by atoms with Gasteiger partial charge in [-0.2, -0.15) is 0 Å². The minimum Gasteiger partial charge on any atom is -0.354 e. The molecule has 0 spiro atoms.